The van der Waals surface area contributed by atoms with Crippen LogP contribution in [0.15, 0.2) is 34.9 Å². The van der Waals surface area contributed by atoms with Gasteiger partial charge in [0.2, 0.25) is 11.6 Å². The number of aliphatic hydroxyl groups is 1. The van der Waals surface area contributed by atoms with Crippen molar-refractivity contribution in [2.45, 2.75) is 92.1 Å². The van der Waals surface area contributed by atoms with Gasteiger partial charge in [-0.3, -0.25) is 9.59 Å². The number of allylic oxidation sites excluding steroid dienone is 4. The molecule has 1 N–H and O–H groups in total. The van der Waals surface area contributed by atoms with Crippen molar-refractivity contribution in [1.82, 2.24) is 0 Å². The second-order valence-corrected chi connectivity index (χ2v) is 13.6. The van der Waals surface area contributed by atoms with Crippen LogP contribution in [-0.4, -0.2) is 36.0 Å². The molecule has 0 aromatic carbocycles. The normalized spacial score (nSPS) is 50.2. The van der Waals surface area contributed by atoms with Gasteiger partial charge in [-0.25, -0.2) is 0 Å². The number of Topliss-reactive ketones (excluding diaryl/α,β-unsaturated/α-hetero) is 1. The van der Waals surface area contributed by atoms with E-state index in [0.717, 1.165) is 43.3 Å². The minimum absolute atomic E-state index is 0.000832. The molecule has 4 heteroatoms. The third-order valence-corrected chi connectivity index (χ3v) is 11.9. The lowest BCUT2D eigenvalue weighted by molar-refractivity contribution is -0.166. The van der Waals surface area contributed by atoms with Crippen molar-refractivity contribution < 1.29 is 19.4 Å². The number of fused-ring (bicyclic) bond motifs is 7. The number of ether oxygens (including phenoxy) is 1. The van der Waals surface area contributed by atoms with E-state index >= 15 is 0 Å². The fraction of sp³-hybridized carbons (Fsp3) is 0.733. The van der Waals surface area contributed by atoms with E-state index in [1.54, 1.807) is 13.0 Å². The average Bonchev–Trinajstić information content (AvgIpc) is 2.81. The number of rotatable bonds is 2. The molecule has 0 amide bonds. The van der Waals surface area contributed by atoms with E-state index in [4.69, 9.17) is 4.74 Å². The molecular formula is C30H42O4. The molecule has 0 bridgehead atoms. The molecule has 3 saturated carbocycles. The smallest absolute Gasteiger partial charge is 0.238 e. The van der Waals surface area contributed by atoms with Crippen LogP contribution in [-0.2, 0) is 14.3 Å². The van der Waals surface area contributed by atoms with Crippen molar-refractivity contribution in [1.29, 1.82) is 0 Å². The van der Waals surface area contributed by atoms with Gasteiger partial charge in [0.25, 0.3) is 0 Å². The molecule has 3 fully saturated rings. The zero-order chi connectivity index (χ0) is 24.9. The molecule has 0 spiro atoms. The van der Waals surface area contributed by atoms with Crippen molar-refractivity contribution in [3.8, 4) is 0 Å². The van der Waals surface area contributed by atoms with E-state index < -0.39 is 17.2 Å². The number of carbonyl (C=O) groups excluding carboxylic acids is 2. The van der Waals surface area contributed by atoms with Gasteiger partial charge in [0.1, 0.15) is 0 Å². The molecule has 7 atom stereocenters. The lowest BCUT2D eigenvalue weighted by atomic mass is 9.34. The Balaban J connectivity index is 1.66. The standard InChI is InChI=1S/C30H42O4/c1-25(18-31)10-11-26(2)12-14-28(4)22-9-8-19-20(16-21(32)24(33)30(19,6)34-7)27(22,3)13-15-29(28,5)23(26)17-25/h8-9,16,23,31H,10-15,17-18H2,1-7H3/t23-,25-,26-,27+,28-,29+,30+/m1/s1. The Morgan fingerprint density at radius 2 is 1.59 bits per heavy atom. The van der Waals surface area contributed by atoms with Crippen LogP contribution in [0.1, 0.15) is 86.5 Å². The largest absolute Gasteiger partial charge is 0.396 e. The highest BCUT2D eigenvalue weighted by Gasteiger charge is 2.67. The maximum atomic E-state index is 12.8. The summed E-state index contributed by atoms with van der Waals surface area (Å²) in [5.74, 6) is -0.371. The molecule has 0 radical (unpaired) electrons. The summed E-state index contributed by atoms with van der Waals surface area (Å²) in [7, 11) is 1.53. The van der Waals surface area contributed by atoms with E-state index in [2.05, 4.69) is 46.8 Å². The first-order valence-electron chi connectivity index (χ1n) is 13.1. The van der Waals surface area contributed by atoms with Gasteiger partial charge in [0, 0.05) is 19.1 Å². The van der Waals surface area contributed by atoms with E-state index in [0.29, 0.717) is 11.3 Å². The third-order valence-electron chi connectivity index (χ3n) is 11.9. The summed E-state index contributed by atoms with van der Waals surface area (Å²) in [5, 5.41) is 10.2. The van der Waals surface area contributed by atoms with Gasteiger partial charge in [-0.15, -0.1) is 0 Å². The number of hydrogen-bond donors (Lipinski definition) is 1. The summed E-state index contributed by atoms with van der Waals surface area (Å²) in [4.78, 5) is 25.6. The molecule has 4 nitrogen and oxygen atoms in total. The van der Waals surface area contributed by atoms with Crippen LogP contribution in [0, 0.1) is 33.0 Å². The molecule has 5 aliphatic rings. The van der Waals surface area contributed by atoms with Crippen molar-refractivity contribution in [2.24, 2.45) is 33.0 Å². The Labute approximate surface area is 204 Å². The summed E-state index contributed by atoms with van der Waals surface area (Å²) in [6, 6.07) is 0. The summed E-state index contributed by atoms with van der Waals surface area (Å²) in [6.45, 7) is 14.0. The minimum atomic E-state index is -1.22. The maximum Gasteiger partial charge on any atom is 0.238 e. The zero-order valence-corrected chi connectivity index (χ0v) is 22.1. The number of methoxy groups -OCH3 is 1. The van der Waals surface area contributed by atoms with Crippen LogP contribution in [0.3, 0.4) is 0 Å². The Kier molecular flexibility index (Phi) is 5.00. The number of carbonyl (C=O) groups is 2. The van der Waals surface area contributed by atoms with Gasteiger partial charge in [0.15, 0.2) is 5.60 Å². The highest BCUT2D eigenvalue weighted by atomic mass is 16.5. The van der Waals surface area contributed by atoms with Crippen LogP contribution in [0.4, 0.5) is 0 Å². The molecule has 0 aliphatic heterocycles. The molecule has 5 rings (SSSR count). The molecule has 34 heavy (non-hydrogen) atoms. The zero-order valence-electron chi connectivity index (χ0n) is 22.1. The van der Waals surface area contributed by atoms with E-state index in [-0.39, 0.29) is 28.3 Å². The van der Waals surface area contributed by atoms with Crippen LogP contribution in [0.5, 0.6) is 0 Å². The molecule has 186 valence electrons. The first-order valence-corrected chi connectivity index (χ1v) is 13.1. The van der Waals surface area contributed by atoms with Crippen molar-refractivity contribution in [2.75, 3.05) is 13.7 Å². The maximum absolute atomic E-state index is 12.8. The summed E-state index contributed by atoms with van der Waals surface area (Å²) in [6.07, 6.45) is 13.7. The number of ketones is 2. The topological polar surface area (TPSA) is 63.6 Å². The first-order chi connectivity index (χ1) is 15.7. The highest BCUT2D eigenvalue weighted by Crippen LogP contribution is 2.75. The average molecular weight is 467 g/mol. The second-order valence-electron chi connectivity index (χ2n) is 13.6. The molecule has 0 heterocycles. The molecular weight excluding hydrogens is 424 g/mol. The second kappa shape index (κ2) is 7.03. The molecule has 0 saturated heterocycles. The van der Waals surface area contributed by atoms with Gasteiger partial charge in [-0.1, -0.05) is 52.3 Å². The van der Waals surface area contributed by atoms with E-state index in [9.17, 15) is 14.7 Å². The van der Waals surface area contributed by atoms with Crippen LogP contribution < -0.4 is 0 Å². The Bertz CT molecular complexity index is 1070. The van der Waals surface area contributed by atoms with Crippen molar-refractivity contribution >= 4 is 11.6 Å². The Morgan fingerprint density at radius 3 is 2.24 bits per heavy atom. The molecule has 0 unspecified atom stereocenters. The third kappa shape index (κ3) is 2.73. The van der Waals surface area contributed by atoms with Gasteiger partial charge in [0.05, 0.1) is 0 Å². The van der Waals surface area contributed by atoms with Gasteiger partial charge < -0.3 is 9.84 Å². The Morgan fingerprint density at radius 1 is 0.912 bits per heavy atom. The summed E-state index contributed by atoms with van der Waals surface area (Å²) >= 11 is 0. The highest BCUT2D eigenvalue weighted by molar-refractivity contribution is 6.46. The minimum Gasteiger partial charge on any atom is -0.396 e. The fourth-order valence-electron chi connectivity index (χ4n) is 9.00. The van der Waals surface area contributed by atoms with Gasteiger partial charge in [-0.05, 0) is 96.7 Å². The predicted molar refractivity (Wildman–Crippen MR) is 133 cm³/mol. The first kappa shape index (κ1) is 24.2. The van der Waals surface area contributed by atoms with Crippen molar-refractivity contribution in [3.05, 3.63) is 34.9 Å². The number of aliphatic hydroxyl groups excluding tert-OH is 1. The van der Waals surface area contributed by atoms with Crippen LogP contribution >= 0.6 is 0 Å². The van der Waals surface area contributed by atoms with Crippen molar-refractivity contribution in [3.63, 3.8) is 0 Å². The van der Waals surface area contributed by atoms with Gasteiger partial charge in [-0.2, -0.15) is 0 Å². The summed E-state index contributed by atoms with van der Waals surface area (Å²) in [5.41, 5.74) is 2.18. The van der Waals surface area contributed by atoms with E-state index in [1.807, 2.05) is 0 Å². The predicted octanol–water partition coefficient (Wildman–Crippen LogP) is 5.75. The van der Waals surface area contributed by atoms with Crippen LogP contribution in [0.2, 0.25) is 0 Å². The molecule has 0 aromatic rings. The molecule has 5 aliphatic carbocycles. The quantitative estimate of drug-likeness (QED) is 0.527. The fourth-order valence-corrected chi connectivity index (χ4v) is 9.00. The molecule has 0 aromatic heterocycles. The monoisotopic (exact) mass is 466 g/mol. The lowest BCUT2D eigenvalue weighted by Crippen LogP contribution is -2.62. The van der Waals surface area contributed by atoms with E-state index in [1.165, 1.54) is 25.5 Å². The lowest BCUT2D eigenvalue weighted by Gasteiger charge is -2.70. The SMILES string of the molecule is CO[C@]1(C)C(=O)C(=O)C=C2C1=CC=C1[C@@]2(C)CC[C@@]2(C)[C@@H]3C[C@](C)(CO)CC[C@]3(C)CC[C@]12C. The number of hydrogen-bond acceptors (Lipinski definition) is 4. The van der Waals surface area contributed by atoms with Crippen LogP contribution in [0.25, 0.3) is 0 Å². The summed E-state index contributed by atoms with van der Waals surface area (Å²) < 4.78 is 5.69. The van der Waals surface area contributed by atoms with Gasteiger partial charge >= 0.3 is 0 Å². The Hall–Kier alpha value is -1.52.